The van der Waals surface area contributed by atoms with Crippen LogP contribution in [0.2, 0.25) is 0 Å². The van der Waals surface area contributed by atoms with E-state index in [0.29, 0.717) is 36.7 Å². The number of piperidine rings is 1. The molecule has 2 fully saturated rings. The van der Waals surface area contributed by atoms with E-state index in [1.165, 1.54) is 5.56 Å². The fraction of sp³-hybridized carbons (Fsp3) is 0.448. The standard InChI is InChI=1S/C29H35N5O3/c1-22-17-26(31-37-22)21-33-13-15-34(16-14-33)29(36)25-7-8-27(30-19-25)28(35)18-23-9-11-32(12-10-23)20-24-5-3-2-4-6-24/h2-8,17,19,23H,9-16,18,20-21H2,1H3. The molecule has 4 heterocycles. The van der Waals surface area contributed by atoms with Gasteiger partial charge in [-0.05, 0) is 56.5 Å². The van der Waals surface area contributed by atoms with Gasteiger partial charge in [0.1, 0.15) is 11.5 Å². The highest BCUT2D eigenvalue weighted by atomic mass is 16.5. The van der Waals surface area contributed by atoms with Crippen molar-refractivity contribution < 1.29 is 14.1 Å². The number of aromatic nitrogens is 2. The van der Waals surface area contributed by atoms with Crippen LogP contribution in [0, 0.1) is 12.8 Å². The number of hydrogen-bond donors (Lipinski definition) is 0. The molecule has 0 saturated carbocycles. The monoisotopic (exact) mass is 501 g/mol. The first-order valence-electron chi connectivity index (χ1n) is 13.2. The third-order valence-corrected chi connectivity index (χ3v) is 7.45. The second-order valence-electron chi connectivity index (χ2n) is 10.3. The number of carbonyl (C=O) groups excluding carboxylic acids is 2. The summed E-state index contributed by atoms with van der Waals surface area (Å²) in [4.78, 5) is 36.8. The zero-order valence-corrected chi connectivity index (χ0v) is 21.5. The van der Waals surface area contributed by atoms with Crippen LogP contribution in [0.3, 0.4) is 0 Å². The predicted molar refractivity (Wildman–Crippen MR) is 140 cm³/mol. The number of Topliss-reactive ketones (excluding diaryl/α,β-unsaturated/α-hetero) is 1. The molecule has 3 aromatic rings. The number of pyridine rings is 1. The molecule has 0 atom stereocenters. The summed E-state index contributed by atoms with van der Waals surface area (Å²) in [6.07, 6.45) is 4.13. The molecule has 2 aromatic heterocycles. The Morgan fingerprint density at radius 2 is 1.65 bits per heavy atom. The zero-order valence-electron chi connectivity index (χ0n) is 21.5. The van der Waals surface area contributed by atoms with Gasteiger partial charge in [-0.2, -0.15) is 0 Å². The summed E-state index contributed by atoms with van der Waals surface area (Å²) in [6, 6.07) is 15.9. The number of likely N-dealkylation sites (tertiary alicyclic amines) is 1. The molecule has 2 aliphatic heterocycles. The van der Waals surface area contributed by atoms with Crippen molar-refractivity contribution in [3.8, 4) is 0 Å². The van der Waals surface area contributed by atoms with Gasteiger partial charge in [-0.15, -0.1) is 0 Å². The van der Waals surface area contributed by atoms with Crippen molar-refractivity contribution in [1.82, 2.24) is 24.8 Å². The van der Waals surface area contributed by atoms with Crippen LogP contribution < -0.4 is 0 Å². The molecule has 0 bridgehead atoms. The second-order valence-corrected chi connectivity index (χ2v) is 10.3. The lowest BCUT2D eigenvalue weighted by atomic mass is 9.90. The van der Waals surface area contributed by atoms with Gasteiger partial charge in [-0.1, -0.05) is 35.5 Å². The number of rotatable bonds is 8. The minimum atomic E-state index is -0.0331. The molecule has 2 aliphatic rings. The van der Waals surface area contributed by atoms with Crippen molar-refractivity contribution in [2.24, 2.45) is 5.92 Å². The average Bonchev–Trinajstić information content (AvgIpc) is 3.34. The van der Waals surface area contributed by atoms with Crippen LogP contribution in [0.1, 0.15) is 57.1 Å². The summed E-state index contributed by atoms with van der Waals surface area (Å²) < 4.78 is 5.14. The Morgan fingerprint density at radius 3 is 2.30 bits per heavy atom. The number of aryl methyl sites for hydroxylation is 1. The van der Waals surface area contributed by atoms with Crippen LogP contribution in [0.5, 0.6) is 0 Å². The average molecular weight is 502 g/mol. The minimum absolute atomic E-state index is 0.0331. The molecule has 2 saturated heterocycles. The van der Waals surface area contributed by atoms with Gasteiger partial charge in [-0.25, -0.2) is 0 Å². The van der Waals surface area contributed by atoms with E-state index in [0.717, 1.165) is 63.6 Å². The van der Waals surface area contributed by atoms with Gasteiger partial charge in [0.05, 0.1) is 11.3 Å². The van der Waals surface area contributed by atoms with Gasteiger partial charge in [-0.3, -0.25) is 24.4 Å². The molecule has 37 heavy (non-hydrogen) atoms. The Morgan fingerprint density at radius 1 is 0.919 bits per heavy atom. The Hall–Kier alpha value is -3.36. The quantitative estimate of drug-likeness (QED) is 0.434. The fourth-order valence-corrected chi connectivity index (χ4v) is 5.26. The Kier molecular flexibility index (Phi) is 8.06. The highest BCUT2D eigenvalue weighted by molar-refractivity contribution is 5.97. The van der Waals surface area contributed by atoms with Gasteiger partial charge in [0.15, 0.2) is 5.78 Å². The minimum Gasteiger partial charge on any atom is -0.361 e. The molecular weight excluding hydrogens is 466 g/mol. The molecule has 0 radical (unpaired) electrons. The maximum Gasteiger partial charge on any atom is 0.255 e. The number of nitrogens with zero attached hydrogens (tertiary/aromatic N) is 5. The molecule has 0 spiro atoms. The zero-order chi connectivity index (χ0) is 25.6. The fourth-order valence-electron chi connectivity index (χ4n) is 5.26. The lowest BCUT2D eigenvalue weighted by Crippen LogP contribution is -2.48. The summed E-state index contributed by atoms with van der Waals surface area (Å²) in [5.74, 6) is 1.23. The number of benzene rings is 1. The summed E-state index contributed by atoms with van der Waals surface area (Å²) in [5, 5.41) is 4.05. The number of piperazine rings is 1. The van der Waals surface area contributed by atoms with Crippen LogP contribution in [-0.4, -0.2) is 75.8 Å². The third kappa shape index (κ3) is 6.70. The van der Waals surface area contributed by atoms with Gasteiger partial charge in [0.2, 0.25) is 0 Å². The van der Waals surface area contributed by atoms with Crippen LogP contribution in [0.15, 0.2) is 59.3 Å². The second kappa shape index (κ2) is 11.8. The molecule has 0 unspecified atom stereocenters. The lowest BCUT2D eigenvalue weighted by molar-refractivity contribution is 0.0624. The molecule has 5 rings (SSSR count). The number of ketones is 1. The summed E-state index contributed by atoms with van der Waals surface area (Å²) in [7, 11) is 0. The van der Waals surface area contributed by atoms with Crippen molar-refractivity contribution >= 4 is 11.7 Å². The first-order chi connectivity index (χ1) is 18.0. The summed E-state index contributed by atoms with van der Waals surface area (Å²) >= 11 is 0. The molecule has 0 N–H and O–H groups in total. The normalized spacial score (nSPS) is 17.7. The van der Waals surface area contributed by atoms with E-state index in [-0.39, 0.29) is 11.7 Å². The van der Waals surface area contributed by atoms with E-state index in [1.807, 2.05) is 24.0 Å². The maximum atomic E-state index is 13.0. The topological polar surface area (TPSA) is 82.8 Å². The van der Waals surface area contributed by atoms with Gasteiger partial charge >= 0.3 is 0 Å². The molecule has 8 nitrogen and oxygen atoms in total. The van der Waals surface area contributed by atoms with Crippen LogP contribution >= 0.6 is 0 Å². The van der Waals surface area contributed by atoms with Gasteiger partial charge in [0, 0.05) is 58.0 Å². The molecule has 194 valence electrons. The van der Waals surface area contributed by atoms with Crippen molar-refractivity contribution in [3.05, 3.63) is 83.0 Å². The Labute approximate surface area is 218 Å². The van der Waals surface area contributed by atoms with Crippen LogP contribution in [0.4, 0.5) is 0 Å². The van der Waals surface area contributed by atoms with Gasteiger partial charge < -0.3 is 9.42 Å². The van der Waals surface area contributed by atoms with E-state index in [9.17, 15) is 9.59 Å². The maximum absolute atomic E-state index is 13.0. The summed E-state index contributed by atoms with van der Waals surface area (Å²) in [6.45, 7) is 8.48. The lowest BCUT2D eigenvalue weighted by Gasteiger charge is -2.34. The van der Waals surface area contributed by atoms with E-state index in [2.05, 4.69) is 44.2 Å². The molecular formula is C29H35N5O3. The molecule has 1 aromatic carbocycles. The Balaban J connectivity index is 1.06. The Bertz CT molecular complexity index is 1180. The van der Waals surface area contributed by atoms with Crippen LogP contribution in [-0.2, 0) is 13.1 Å². The third-order valence-electron chi connectivity index (χ3n) is 7.45. The van der Waals surface area contributed by atoms with Crippen molar-refractivity contribution in [1.29, 1.82) is 0 Å². The summed E-state index contributed by atoms with van der Waals surface area (Å²) in [5.41, 5.74) is 3.24. The SMILES string of the molecule is Cc1cc(CN2CCN(C(=O)c3ccc(C(=O)CC4CCN(Cc5ccccc5)CC4)nc3)CC2)no1. The number of carbonyl (C=O) groups is 2. The molecule has 1 amide bonds. The van der Waals surface area contributed by atoms with Crippen molar-refractivity contribution in [3.63, 3.8) is 0 Å². The number of hydrogen-bond acceptors (Lipinski definition) is 7. The van der Waals surface area contributed by atoms with E-state index >= 15 is 0 Å². The highest BCUT2D eigenvalue weighted by Crippen LogP contribution is 2.23. The highest BCUT2D eigenvalue weighted by Gasteiger charge is 2.25. The molecule has 0 aliphatic carbocycles. The van der Waals surface area contributed by atoms with Crippen molar-refractivity contribution in [2.75, 3.05) is 39.3 Å². The van der Waals surface area contributed by atoms with Crippen LogP contribution in [0.25, 0.3) is 0 Å². The largest absolute Gasteiger partial charge is 0.361 e. The van der Waals surface area contributed by atoms with Gasteiger partial charge in [0.25, 0.3) is 5.91 Å². The molecule has 8 heteroatoms. The van der Waals surface area contributed by atoms with E-state index < -0.39 is 0 Å². The predicted octanol–water partition coefficient (Wildman–Crippen LogP) is 3.82. The van der Waals surface area contributed by atoms with Crippen molar-refractivity contribution in [2.45, 2.75) is 39.3 Å². The first kappa shape index (κ1) is 25.3. The smallest absolute Gasteiger partial charge is 0.255 e. The first-order valence-corrected chi connectivity index (χ1v) is 13.2. The van der Waals surface area contributed by atoms with E-state index in [4.69, 9.17) is 4.52 Å². The number of amides is 1. The van der Waals surface area contributed by atoms with E-state index in [1.54, 1.807) is 18.3 Å².